The van der Waals surface area contributed by atoms with E-state index in [-0.39, 0.29) is 16.1 Å². The van der Waals surface area contributed by atoms with Gasteiger partial charge in [0.15, 0.2) is 6.61 Å². The first-order chi connectivity index (χ1) is 15.4. The largest absolute Gasteiger partial charge is 0.452 e. The van der Waals surface area contributed by atoms with Crippen molar-refractivity contribution in [2.75, 3.05) is 24.7 Å². The summed E-state index contributed by atoms with van der Waals surface area (Å²) in [6.07, 6.45) is 6.76. The average Bonchev–Trinajstić information content (AvgIpc) is 3.05. The summed E-state index contributed by atoms with van der Waals surface area (Å²) in [5.74, 6) is -0.810. The molecule has 0 spiro atoms. The molecule has 170 valence electrons. The molecule has 0 bridgehead atoms. The maximum atomic E-state index is 12.7. The van der Waals surface area contributed by atoms with Crippen LogP contribution in [0.25, 0.3) is 0 Å². The maximum Gasteiger partial charge on any atom is 0.341 e. The zero-order valence-corrected chi connectivity index (χ0v) is 19.2. The van der Waals surface area contributed by atoms with E-state index in [2.05, 4.69) is 20.0 Å². The number of nitrogens with zero attached hydrogens (tertiary/aromatic N) is 2. The molecule has 32 heavy (non-hydrogen) atoms. The Kier molecular flexibility index (Phi) is 8.23. The van der Waals surface area contributed by atoms with E-state index in [1.807, 2.05) is 0 Å². The molecule has 0 saturated heterocycles. The van der Waals surface area contributed by atoms with Crippen LogP contribution in [0.3, 0.4) is 0 Å². The monoisotopic (exact) mass is 476 g/mol. The van der Waals surface area contributed by atoms with Gasteiger partial charge in [-0.05, 0) is 49.4 Å². The minimum absolute atomic E-state index is 0.000728. The van der Waals surface area contributed by atoms with Crippen molar-refractivity contribution < 1.29 is 22.7 Å². The minimum Gasteiger partial charge on any atom is -0.452 e. The van der Waals surface area contributed by atoms with Crippen LogP contribution in [-0.2, 0) is 19.6 Å². The normalized spacial score (nSPS) is 14.1. The van der Waals surface area contributed by atoms with Gasteiger partial charge in [0.25, 0.3) is 15.9 Å². The molecule has 2 aromatic rings. The third kappa shape index (κ3) is 6.54. The van der Waals surface area contributed by atoms with Gasteiger partial charge in [0.05, 0.1) is 10.5 Å². The lowest BCUT2D eigenvalue weighted by molar-refractivity contribution is -0.119. The highest BCUT2D eigenvalue weighted by atomic mass is 32.2. The second kappa shape index (κ2) is 11.1. The fourth-order valence-electron chi connectivity index (χ4n) is 3.03. The number of amidine groups is 1. The number of nitrogens with one attached hydrogen (secondary N) is 2. The summed E-state index contributed by atoms with van der Waals surface area (Å²) in [7, 11) is -3.83. The van der Waals surface area contributed by atoms with Gasteiger partial charge in [0.1, 0.15) is 10.9 Å². The molecule has 2 heterocycles. The number of carbonyl (C=O) groups excluding carboxylic acids is 2. The van der Waals surface area contributed by atoms with Crippen molar-refractivity contribution in [1.29, 1.82) is 0 Å². The lowest BCUT2D eigenvalue weighted by atomic mass is 10.2. The highest BCUT2D eigenvalue weighted by Crippen LogP contribution is 2.18. The van der Waals surface area contributed by atoms with Crippen LogP contribution in [0.1, 0.15) is 36.0 Å². The molecule has 0 saturated carbocycles. The Morgan fingerprint density at radius 3 is 2.81 bits per heavy atom. The van der Waals surface area contributed by atoms with Crippen LogP contribution in [0.5, 0.6) is 0 Å². The Balaban J connectivity index is 1.60. The van der Waals surface area contributed by atoms with E-state index in [0.29, 0.717) is 23.8 Å². The molecule has 0 atom stereocenters. The van der Waals surface area contributed by atoms with Gasteiger partial charge in [-0.3, -0.25) is 14.5 Å². The fourth-order valence-corrected chi connectivity index (χ4v) is 4.70. The van der Waals surface area contributed by atoms with Crippen molar-refractivity contribution in [2.45, 2.75) is 35.6 Å². The fraction of sp³-hybridized carbons (Fsp3) is 0.333. The Bertz CT molecular complexity index is 1120. The number of hydrogen-bond acceptors (Lipinski definition) is 8. The topological polar surface area (TPSA) is 127 Å². The quantitative estimate of drug-likeness (QED) is 0.465. The molecule has 1 aliphatic rings. The molecule has 11 heteroatoms. The van der Waals surface area contributed by atoms with Gasteiger partial charge in [-0.25, -0.2) is 18.2 Å². The van der Waals surface area contributed by atoms with Gasteiger partial charge in [0.2, 0.25) is 0 Å². The third-order valence-electron chi connectivity index (χ3n) is 4.57. The number of benzene rings is 1. The van der Waals surface area contributed by atoms with Crippen LogP contribution < -0.4 is 10.0 Å². The highest BCUT2D eigenvalue weighted by molar-refractivity contribution is 7.98. The van der Waals surface area contributed by atoms with Gasteiger partial charge >= 0.3 is 5.97 Å². The molecular formula is C21H24N4O5S2. The van der Waals surface area contributed by atoms with Crippen molar-refractivity contribution in [3.8, 4) is 0 Å². The first-order valence-corrected chi connectivity index (χ1v) is 12.7. The maximum absolute atomic E-state index is 12.7. The summed E-state index contributed by atoms with van der Waals surface area (Å²) in [6.45, 7) is 0.0811. The van der Waals surface area contributed by atoms with E-state index in [1.54, 1.807) is 30.7 Å². The van der Waals surface area contributed by atoms with Gasteiger partial charge < -0.3 is 10.1 Å². The lowest BCUT2D eigenvalue weighted by Gasteiger charge is -2.11. The number of ether oxygens (including phenoxy) is 1. The number of hydrogen-bond donors (Lipinski definition) is 2. The number of amides is 1. The molecule has 1 aromatic carbocycles. The van der Waals surface area contributed by atoms with Crippen LogP contribution in [0.4, 0.5) is 5.69 Å². The predicted molar refractivity (Wildman–Crippen MR) is 122 cm³/mol. The highest BCUT2D eigenvalue weighted by Gasteiger charge is 2.19. The molecule has 0 aliphatic carbocycles. The molecule has 1 aliphatic heterocycles. The number of esters is 1. The Hall–Kier alpha value is -2.92. The Morgan fingerprint density at radius 1 is 1.16 bits per heavy atom. The van der Waals surface area contributed by atoms with E-state index in [9.17, 15) is 18.0 Å². The number of sulfonamides is 1. The molecule has 0 unspecified atom stereocenters. The molecule has 0 radical (unpaired) electrons. The summed E-state index contributed by atoms with van der Waals surface area (Å²) < 4.78 is 33.0. The molecule has 9 nitrogen and oxygen atoms in total. The summed E-state index contributed by atoms with van der Waals surface area (Å²) in [6, 6.07) is 9.02. The van der Waals surface area contributed by atoms with Gasteiger partial charge in [-0.15, -0.1) is 11.8 Å². The lowest BCUT2D eigenvalue weighted by Crippen LogP contribution is -2.30. The standard InChI is InChI=1S/C21H24N4O5S2/c1-31-20-17(9-6-12-23-20)21(27)30-14-19(26)24-15-7-5-8-16(13-15)32(28,29)25-18-10-3-2-4-11-22-18/h5-9,12-13H,2-4,10-11,14H2,1H3,(H,22,25)(H,24,26). The van der Waals surface area contributed by atoms with Crippen LogP contribution in [0, 0.1) is 0 Å². The number of anilines is 1. The van der Waals surface area contributed by atoms with Crippen LogP contribution in [0.2, 0.25) is 0 Å². The van der Waals surface area contributed by atoms with Crippen molar-refractivity contribution >= 4 is 45.2 Å². The molecule has 0 fully saturated rings. The SMILES string of the molecule is CSc1ncccc1C(=O)OCC(=O)Nc1cccc(S(=O)(=O)NC2=NCCCCC2)c1. The molecule has 3 rings (SSSR count). The van der Waals surface area contributed by atoms with Crippen LogP contribution in [-0.4, -0.2) is 50.5 Å². The summed E-state index contributed by atoms with van der Waals surface area (Å²) in [5, 5.41) is 3.05. The van der Waals surface area contributed by atoms with Crippen molar-refractivity contribution in [2.24, 2.45) is 4.99 Å². The van der Waals surface area contributed by atoms with E-state index in [4.69, 9.17) is 4.74 Å². The zero-order chi connectivity index (χ0) is 23.0. The number of pyridine rings is 1. The number of thioether (sulfide) groups is 1. The molecule has 1 aromatic heterocycles. The van der Waals surface area contributed by atoms with Gasteiger partial charge in [0, 0.05) is 24.8 Å². The summed E-state index contributed by atoms with van der Waals surface area (Å²) in [5.41, 5.74) is 0.538. The van der Waals surface area contributed by atoms with E-state index >= 15 is 0 Å². The van der Waals surface area contributed by atoms with Gasteiger partial charge in [-0.1, -0.05) is 12.5 Å². The summed E-state index contributed by atoms with van der Waals surface area (Å²) in [4.78, 5) is 32.8. The Morgan fingerprint density at radius 2 is 2.00 bits per heavy atom. The summed E-state index contributed by atoms with van der Waals surface area (Å²) >= 11 is 1.29. The van der Waals surface area contributed by atoms with Gasteiger partial charge in [-0.2, -0.15) is 0 Å². The van der Waals surface area contributed by atoms with Crippen molar-refractivity contribution in [3.63, 3.8) is 0 Å². The second-order valence-corrected chi connectivity index (χ2v) is 9.43. The predicted octanol–water partition coefficient (Wildman–Crippen LogP) is 2.85. The van der Waals surface area contributed by atoms with E-state index in [0.717, 1.165) is 19.3 Å². The number of aromatic nitrogens is 1. The second-order valence-electron chi connectivity index (χ2n) is 6.96. The average molecular weight is 477 g/mol. The van der Waals surface area contributed by atoms with Crippen LogP contribution >= 0.6 is 11.8 Å². The molecule has 1 amide bonds. The molecular weight excluding hydrogens is 452 g/mol. The zero-order valence-electron chi connectivity index (χ0n) is 17.5. The third-order valence-corrected chi connectivity index (χ3v) is 6.66. The smallest absolute Gasteiger partial charge is 0.341 e. The number of carbonyl (C=O) groups is 2. The van der Waals surface area contributed by atoms with Crippen LogP contribution in [0.15, 0.2) is 57.5 Å². The first kappa shape index (κ1) is 23.7. The van der Waals surface area contributed by atoms with E-state index in [1.165, 1.54) is 30.0 Å². The number of aliphatic imine (C=N–C) groups is 1. The number of rotatable bonds is 7. The molecule has 2 N–H and O–H groups in total. The minimum atomic E-state index is -3.83. The first-order valence-electron chi connectivity index (χ1n) is 10.0. The van der Waals surface area contributed by atoms with Crippen molar-refractivity contribution in [3.05, 3.63) is 48.2 Å². The van der Waals surface area contributed by atoms with Crippen molar-refractivity contribution in [1.82, 2.24) is 9.71 Å². The Labute approximate surface area is 191 Å². The van der Waals surface area contributed by atoms with E-state index < -0.39 is 28.5 Å².